The van der Waals surface area contributed by atoms with Crippen LogP contribution in [0, 0.1) is 5.82 Å². The molecule has 0 radical (unpaired) electrons. The number of pyridine rings is 1. The molecule has 0 saturated heterocycles. The lowest BCUT2D eigenvalue weighted by Gasteiger charge is -2.08. The Bertz CT molecular complexity index is 823. The lowest BCUT2D eigenvalue weighted by Crippen LogP contribution is -2.20. The van der Waals surface area contributed by atoms with Crippen molar-refractivity contribution in [1.29, 1.82) is 0 Å². The van der Waals surface area contributed by atoms with Crippen LogP contribution in [0.25, 0.3) is 0 Å². The first-order valence-corrected chi connectivity index (χ1v) is 7.33. The van der Waals surface area contributed by atoms with Crippen molar-refractivity contribution in [2.75, 3.05) is 0 Å². The number of hydrogen-bond acceptors (Lipinski definition) is 3. The van der Waals surface area contributed by atoms with Crippen LogP contribution in [0.5, 0.6) is 0 Å². The van der Waals surface area contributed by atoms with E-state index in [9.17, 15) is 9.18 Å². The molecule has 0 spiro atoms. The van der Waals surface area contributed by atoms with Crippen molar-refractivity contribution < 1.29 is 9.18 Å². The van der Waals surface area contributed by atoms with E-state index in [1.165, 1.54) is 24.3 Å². The van der Waals surface area contributed by atoms with E-state index in [0.29, 0.717) is 5.71 Å². The number of nitrogens with zero attached hydrogens (tertiary/aromatic N) is 2. The van der Waals surface area contributed by atoms with E-state index >= 15 is 0 Å². The van der Waals surface area contributed by atoms with Gasteiger partial charge in [0, 0.05) is 29.1 Å². The summed E-state index contributed by atoms with van der Waals surface area (Å²) >= 11 is 0. The molecule has 3 aromatic rings. The summed E-state index contributed by atoms with van der Waals surface area (Å²) < 4.78 is 13.2. The molecule has 0 aliphatic heterocycles. The third kappa shape index (κ3) is 3.70. The topological polar surface area (TPSA) is 54.4 Å². The Balaban J connectivity index is 1.91. The summed E-state index contributed by atoms with van der Waals surface area (Å²) in [4.78, 5) is 16.2. The monoisotopic (exact) mass is 319 g/mol. The van der Waals surface area contributed by atoms with Gasteiger partial charge in [0.1, 0.15) is 5.82 Å². The number of carbonyl (C=O) groups excluding carboxylic acids is 1. The third-order valence-corrected chi connectivity index (χ3v) is 3.36. The lowest BCUT2D eigenvalue weighted by molar-refractivity contribution is 0.0954. The molecule has 0 atom stereocenters. The van der Waals surface area contributed by atoms with Crippen molar-refractivity contribution in [3.63, 3.8) is 0 Å². The first-order valence-electron chi connectivity index (χ1n) is 7.33. The molecule has 1 amide bonds. The molecule has 0 aliphatic rings. The zero-order valence-electron chi connectivity index (χ0n) is 12.7. The highest BCUT2D eigenvalue weighted by Crippen LogP contribution is 2.10. The first-order chi connectivity index (χ1) is 11.7. The van der Waals surface area contributed by atoms with Gasteiger partial charge in [0.15, 0.2) is 0 Å². The number of hydrogen-bond donors (Lipinski definition) is 1. The van der Waals surface area contributed by atoms with Crippen LogP contribution in [0.3, 0.4) is 0 Å². The molecule has 0 bridgehead atoms. The molecule has 0 unspecified atom stereocenters. The Kier molecular flexibility index (Phi) is 4.72. The summed E-state index contributed by atoms with van der Waals surface area (Å²) in [5, 5.41) is 4.24. The van der Waals surface area contributed by atoms with Crippen LogP contribution >= 0.6 is 0 Å². The average Bonchev–Trinajstić information content (AvgIpc) is 2.63. The van der Waals surface area contributed by atoms with Crippen molar-refractivity contribution in [1.82, 2.24) is 10.4 Å². The molecule has 2 aromatic carbocycles. The summed E-state index contributed by atoms with van der Waals surface area (Å²) in [6.07, 6.45) is 3.31. The van der Waals surface area contributed by atoms with Crippen LogP contribution in [0.2, 0.25) is 0 Å². The Morgan fingerprint density at radius 3 is 2.25 bits per heavy atom. The highest BCUT2D eigenvalue weighted by atomic mass is 19.1. The quantitative estimate of drug-likeness (QED) is 0.592. The molecule has 5 heteroatoms. The highest BCUT2D eigenvalue weighted by molar-refractivity contribution is 6.13. The van der Waals surface area contributed by atoms with E-state index in [0.717, 1.165) is 11.1 Å². The van der Waals surface area contributed by atoms with Gasteiger partial charge in [0.25, 0.3) is 5.91 Å². The number of carbonyl (C=O) groups is 1. The van der Waals surface area contributed by atoms with E-state index in [2.05, 4.69) is 15.5 Å². The second-order valence-electron chi connectivity index (χ2n) is 5.01. The van der Waals surface area contributed by atoms with Gasteiger partial charge in [-0.15, -0.1) is 0 Å². The van der Waals surface area contributed by atoms with E-state index in [1.807, 2.05) is 30.3 Å². The summed E-state index contributed by atoms with van der Waals surface area (Å²) in [5.41, 5.74) is 4.96. The zero-order valence-corrected chi connectivity index (χ0v) is 12.7. The van der Waals surface area contributed by atoms with Crippen molar-refractivity contribution >= 4 is 11.6 Å². The maximum Gasteiger partial charge on any atom is 0.271 e. The number of aromatic nitrogens is 1. The third-order valence-electron chi connectivity index (χ3n) is 3.36. The molecule has 118 valence electrons. The molecule has 1 heterocycles. The Morgan fingerprint density at radius 1 is 0.875 bits per heavy atom. The maximum atomic E-state index is 13.2. The summed E-state index contributed by atoms with van der Waals surface area (Å²) in [6.45, 7) is 0. The fraction of sp³-hybridized carbons (Fsp3) is 0. The van der Waals surface area contributed by atoms with Gasteiger partial charge in [0.05, 0.1) is 5.71 Å². The second-order valence-corrected chi connectivity index (χ2v) is 5.01. The van der Waals surface area contributed by atoms with Gasteiger partial charge in [-0.2, -0.15) is 5.10 Å². The van der Waals surface area contributed by atoms with Gasteiger partial charge in [-0.05, 0) is 30.3 Å². The molecule has 24 heavy (non-hydrogen) atoms. The van der Waals surface area contributed by atoms with Crippen LogP contribution < -0.4 is 5.43 Å². The summed E-state index contributed by atoms with van der Waals surface area (Å²) in [5.74, 6) is -0.943. The van der Waals surface area contributed by atoms with E-state index in [4.69, 9.17) is 0 Å². The van der Waals surface area contributed by atoms with Crippen molar-refractivity contribution in [3.8, 4) is 0 Å². The predicted molar refractivity (Wildman–Crippen MR) is 90.2 cm³/mol. The molecule has 1 N–H and O–H groups in total. The number of hydrazone groups is 1. The molecule has 4 nitrogen and oxygen atoms in total. The maximum absolute atomic E-state index is 13.2. The van der Waals surface area contributed by atoms with Gasteiger partial charge in [0.2, 0.25) is 0 Å². The van der Waals surface area contributed by atoms with Crippen LogP contribution in [-0.2, 0) is 0 Å². The molecule has 0 aliphatic carbocycles. The van der Waals surface area contributed by atoms with Crippen LogP contribution in [0.4, 0.5) is 4.39 Å². The lowest BCUT2D eigenvalue weighted by atomic mass is 10.0. The zero-order chi connectivity index (χ0) is 16.8. The number of halogens is 1. The Labute approximate surface area is 138 Å². The van der Waals surface area contributed by atoms with Crippen molar-refractivity contribution in [2.24, 2.45) is 5.10 Å². The Hall–Kier alpha value is -3.34. The number of rotatable bonds is 4. The smallest absolute Gasteiger partial charge is 0.267 e. The summed E-state index contributed by atoms with van der Waals surface area (Å²) in [6, 6.07) is 18.5. The van der Waals surface area contributed by atoms with Gasteiger partial charge in [-0.25, -0.2) is 9.82 Å². The predicted octanol–water partition coefficient (Wildman–Crippen LogP) is 3.40. The summed E-state index contributed by atoms with van der Waals surface area (Å²) in [7, 11) is 0. The van der Waals surface area contributed by atoms with E-state index < -0.39 is 11.7 Å². The number of nitrogens with one attached hydrogen (secondary N) is 1. The second kappa shape index (κ2) is 7.28. The minimum Gasteiger partial charge on any atom is -0.267 e. The van der Waals surface area contributed by atoms with Crippen molar-refractivity contribution in [3.05, 3.63) is 102 Å². The van der Waals surface area contributed by atoms with Gasteiger partial charge >= 0.3 is 0 Å². The van der Waals surface area contributed by atoms with E-state index in [1.54, 1.807) is 24.5 Å². The molecule has 1 aromatic heterocycles. The first kappa shape index (κ1) is 15.6. The molecular weight excluding hydrogens is 305 g/mol. The van der Waals surface area contributed by atoms with Crippen LogP contribution in [-0.4, -0.2) is 16.6 Å². The van der Waals surface area contributed by atoms with Crippen molar-refractivity contribution in [2.45, 2.75) is 0 Å². The number of amides is 1. The number of benzene rings is 2. The van der Waals surface area contributed by atoms with Crippen LogP contribution in [0.15, 0.2) is 84.2 Å². The standard InChI is InChI=1S/C19H14FN3O/c20-17-8-4-7-16(13-17)19(24)23-22-18(14-5-2-1-3-6-14)15-9-11-21-12-10-15/h1-13H,(H,23,24). The molecule has 0 saturated carbocycles. The molecule has 3 rings (SSSR count). The van der Waals surface area contributed by atoms with Crippen LogP contribution in [0.1, 0.15) is 21.5 Å². The SMILES string of the molecule is O=C(NN=C(c1ccccc1)c1ccncc1)c1cccc(F)c1. The molecule has 0 fully saturated rings. The fourth-order valence-electron chi connectivity index (χ4n) is 2.20. The normalized spacial score (nSPS) is 11.1. The highest BCUT2D eigenvalue weighted by Gasteiger charge is 2.09. The van der Waals surface area contributed by atoms with Gasteiger partial charge in [-0.3, -0.25) is 9.78 Å². The Morgan fingerprint density at radius 2 is 1.54 bits per heavy atom. The largest absolute Gasteiger partial charge is 0.271 e. The molecular formula is C19H14FN3O. The fourth-order valence-corrected chi connectivity index (χ4v) is 2.20. The minimum absolute atomic E-state index is 0.209. The van der Waals surface area contributed by atoms with Gasteiger partial charge < -0.3 is 0 Å². The van der Waals surface area contributed by atoms with Gasteiger partial charge in [-0.1, -0.05) is 36.4 Å². The van der Waals surface area contributed by atoms with E-state index in [-0.39, 0.29) is 5.56 Å². The average molecular weight is 319 g/mol. The minimum atomic E-state index is -0.475.